The van der Waals surface area contributed by atoms with Crippen LogP contribution in [0, 0.1) is 5.82 Å². The lowest BCUT2D eigenvalue weighted by Crippen LogP contribution is -2.02. The summed E-state index contributed by atoms with van der Waals surface area (Å²) in [6.07, 6.45) is 1.84. The number of hydrogen-bond donors (Lipinski definition) is 0. The van der Waals surface area contributed by atoms with Gasteiger partial charge in [-0.25, -0.2) is 14.1 Å². The fourth-order valence-corrected chi connectivity index (χ4v) is 4.45. The summed E-state index contributed by atoms with van der Waals surface area (Å²) in [5.74, 6) is 0.423. The minimum absolute atomic E-state index is 0.234. The first-order valence-electron chi connectivity index (χ1n) is 7.49. The quantitative estimate of drug-likeness (QED) is 0.449. The van der Waals surface area contributed by atoms with Crippen molar-refractivity contribution in [2.45, 2.75) is 16.6 Å². The molecule has 0 spiro atoms. The fourth-order valence-electron chi connectivity index (χ4n) is 2.36. The predicted molar refractivity (Wildman–Crippen MR) is 99.7 cm³/mol. The molecule has 0 unspecified atom stereocenters. The molecule has 0 fully saturated rings. The molecule has 2 aromatic heterocycles. The van der Waals surface area contributed by atoms with E-state index in [9.17, 15) is 4.39 Å². The predicted octanol–water partition coefficient (Wildman–Crippen LogP) is 5.02. The Morgan fingerprint density at radius 3 is 2.96 bits per heavy atom. The van der Waals surface area contributed by atoms with Crippen LogP contribution in [-0.4, -0.2) is 20.0 Å². The summed E-state index contributed by atoms with van der Waals surface area (Å²) in [6, 6.07) is 12.4. The van der Waals surface area contributed by atoms with Crippen molar-refractivity contribution in [1.29, 1.82) is 0 Å². The molecule has 0 aliphatic heterocycles. The van der Waals surface area contributed by atoms with E-state index in [1.54, 1.807) is 39.9 Å². The van der Waals surface area contributed by atoms with Gasteiger partial charge in [0.25, 0.3) is 0 Å². The molecule has 0 saturated heterocycles. The summed E-state index contributed by atoms with van der Waals surface area (Å²) in [6.45, 7) is 0.365. The normalized spacial score (nSPS) is 11.3. The molecule has 4 nitrogen and oxygen atoms in total. The van der Waals surface area contributed by atoms with Gasteiger partial charge in [-0.05, 0) is 24.3 Å². The third-order valence-electron chi connectivity index (χ3n) is 3.55. The second-order valence-electron chi connectivity index (χ2n) is 5.38. The van der Waals surface area contributed by atoms with Gasteiger partial charge < -0.3 is 0 Å². The molecule has 4 rings (SSSR count). The maximum absolute atomic E-state index is 13.7. The van der Waals surface area contributed by atoms with Crippen LogP contribution in [0.4, 0.5) is 4.39 Å². The SMILES string of the molecule is Fc1ccccc1Cn1cc(CSc2nc3cc(Cl)ccc3s2)nn1. The standard InChI is InChI=1S/C17H12ClFN4S2/c18-12-5-6-16-15(7-12)20-17(25-16)24-10-13-9-23(22-21-13)8-11-3-1-2-4-14(11)19/h1-7,9H,8,10H2. The third-order valence-corrected chi connectivity index (χ3v) is 6.00. The minimum atomic E-state index is -0.234. The van der Waals surface area contributed by atoms with E-state index in [0.717, 1.165) is 20.3 Å². The van der Waals surface area contributed by atoms with Gasteiger partial charge >= 0.3 is 0 Å². The third kappa shape index (κ3) is 3.84. The zero-order valence-electron chi connectivity index (χ0n) is 12.9. The van der Waals surface area contributed by atoms with Gasteiger partial charge in [0.2, 0.25) is 0 Å². The Morgan fingerprint density at radius 2 is 2.08 bits per heavy atom. The highest BCUT2D eigenvalue weighted by atomic mass is 35.5. The van der Waals surface area contributed by atoms with E-state index in [1.165, 1.54) is 6.07 Å². The Balaban J connectivity index is 1.43. The largest absolute Gasteiger partial charge is 0.248 e. The van der Waals surface area contributed by atoms with Crippen LogP contribution in [0.1, 0.15) is 11.3 Å². The van der Waals surface area contributed by atoms with E-state index < -0.39 is 0 Å². The van der Waals surface area contributed by atoms with Crippen LogP contribution in [0.5, 0.6) is 0 Å². The molecule has 4 aromatic rings. The Kier molecular flexibility index (Phi) is 4.70. The van der Waals surface area contributed by atoms with Crippen molar-refractivity contribution in [3.8, 4) is 0 Å². The summed E-state index contributed by atoms with van der Waals surface area (Å²) < 4.78 is 17.4. The maximum atomic E-state index is 13.7. The molecule has 0 aliphatic rings. The maximum Gasteiger partial charge on any atom is 0.151 e. The number of halogens is 2. The molecule has 2 heterocycles. The van der Waals surface area contributed by atoms with Gasteiger partial charge in [-0.2, -0.15) is 0 Å². The summed E-state index contributed by atoms with van der Waals surface area (Å²) in [4.78, 5) is 4.57. The van der Waals surface area contributed by atoms with E-state index in [1.807, 2.05) is 30.5 Å². The van der Waals surface area contributed by atoms with Crippen LogP contribution in [0.3, 0.4) is 0 Å². The first kappa shape index (κ1) is 16.5. The molecule has 0 atom stereocenters. The number of fused-ring (bicyclic) bond motifs is 1. The van der Waals surface area contributed by atoms with Crippen molar-refractivity contribution in [1.82, 2.24) is 20.0 Å². The molecular weight excluding hydrogens is 379 g/mol. The topological polar surface area (TPSA) is 43.6 Å². The van der Waals surface area contributed by atoms with Crippen LogP contribution in [0.15, 0.2) is 53.0 Å². The number of aromatic nitrogens is 4. The fraction of sp³-hybridized carbons (Fsp3) is 0.118. The molecule has 0 N–H and O–H groups in total. The van der Waals surface area contributed by atoms with Crippen LogP contribution in [0.2, 0.25) is 5.02 Å². The van der Waals surface area contributed by atoms with E-state index in [4.69, 9.17) is 11.6 Å². The summed E-state index contributed by atoms with van der Waals surface area (Å²) in [5, 5.41) is 8.91. The van der Waals surface area contributed by atoms with Crippen molar-refractivity contribution in [2.75, 3.05) is 0 Å². The molecule has 0 aliphatic carbocycles. The summed E-state index contributed by atoms with van der Waals surface area (Å²) >= 11 is 9.22. The van der Waals surface area contributed by atoms with E-state index >= 15 is 0 Å². The molecule has 25 heavy (non-hydrogen) atoms. The highest BCUT2D eigenvalue weighted by molar-refractivity contribution is 8.00. The van der Waals surface area contributed by atoms with Crippen molar-refractivity contribution in [3.05, 3.63) is 70.8 Å². The van der Waals surface area contributed by atoms with Crippen LogP contribution >= 0.6 is 34.7 Å². The minimum Gasteiger partial charge on any atom is -0.248 e. The average Bonchev–Trinajstić information content (AvgIpc) is 3.21. The Morgan fingerprint density at radius 1 is 1.20 bits per heavy atom. The second-order valence-corrected chi connectivity index (χ2v) is 8.07. The molecule has 8 heteroatoms. The number of hydrogen-bond acceptors (Lipinski definition) is 5. The van der Waals surface area contributed by atoms with Gasteiger partial charge in [0.15, 0.2) is 4.34 Å². The van der Waals surface area contributed by atoms with E-state index in [0.29, 0.717) is 22.9 Å². The molecule has 0 saturated carbocycles. The molecule has 0 radical (unpaired) electrons. The monoisotopic (exact) mass is 390 g/mol. The van der Waals surface area contributed by atoms with Crippen LogP contribution < -0.4 is 0 Å². The van der Waals surface area contributed by atoms with Gasteiger partial charge in [0.05, 0.1) is 22.5 Å². The first-order chi connectivity index (χ1) is 12.2. The smallest absolute Gasteiger partial charge is 0.151 e. The van der Waals surface area contributed by atoms with Crippen LogP contribution in [0.25, 0.3) is 10.2 Å². The van der Waals surface area contributed by atoms with Gasteiger partial charge in [0, 0.05) is 22.5 Å². The number of thioether (sulfide) groups is 1. The lowest BCUT2D eigenvalue weighted by molar-refractivity contribution is 0.577. The van der Waals surface area contributed by atoms with E-state index in [-0.39, 0.29) is 5.82 Å². The van der Waals surface area contributed by atoms with Gasteiger partial charge in [-0.3, -0.25) is 0 Å². The summed E-state index contributed by atoms with van der Waals surface area (Å²) in [5.41, 5.74) is 2.33. The number of nitrogens with zero attached hydrogens (tertiary/aromatic N) is 4. The number of rotatable bonds is 5. The van der Waals surface area contributed by atoms with Gasteiger partial charge in [-0.15, -0.1) is 16.4 Å². The molecule has 126 valence electrons. The summed E-state index contributed by atoms with van der Waals surface area (Å²) in [7, 11) is 0. The van der Waals surface area contributed by atoms with Crippen molar-refractivity contribution >= 4 is 44.9 Å². The number of thiazole rings is 1. The van der Waals surface area contributed by atoms with Crippen molar-refractivity contribution in [2.24, 2.45) is 0 Å². The molecule has 2 aromatic carbocycles. The Bertz CT molecular complexity index is 1030. The van der Waals surface area contributed by atoms with Gasteiger partial charge in [0.1, 0.15) is 5.82 Å². The Hall–Kier alpha value is -1.96. The average molecular weight is 391 g/mol. The molecular formula is C17H12ClFN4S2. The molecule has 0 bridgehead atoms. The number of benzene rings is 2. The van der Waals surface area contributed by atoms with E-state index in [2.05, 4.69) is 15.3 Å². The lowest BCUT2D eigenvalue weighted by atomic mass is 10.2. The zero-order chi connectivity index (χ0) is 17.2. The zero-order valence-corrected chi connectivity index (χ0v) is 15.3. The Labute approximate surface area is 156 Å². The highest BCUT2D eigenvalue weighted by Gasteiger charge is 2.08. The molecule has 0 amide bonds. The van der Waals surface area contributed by atoms with Crippen molar-refractivity contribution < 1.29 is 4.39 Å². The highest BCUT2D eigenvalue weighted by Crippen LogP contribution is 2.32. The first-order valence-corrected chi connectivity index (χ1v) is 9.67. The lowest BCUT2D eigenvalue weighted by Gasteiger charge is -2.01. The van der Waals surface area contributed by atoms with Crippen LogP contribution in [-0.2, 0) is 12.3 Å². The van der Waals surface area contributed by atoms with Gasteiger partial charge in [-0.1, -0.05) is 46.8 Å². The van der Waals surface area contributed by atoms with Crippen molar-refractivity contribution in [3.63, 3.8) is 0 Å². The second kappa shape index (κ2) is 7.11.